The van der Waals surface area contributed by atoms with E-state index in [-0.39, 0.29) is 10.6 Å². The van der Waals surface area contributed by atoms with Crippen LogP contribution < -0.4 is 5.32 Å². The van der Waals surface area contributed by atoms with E-state index in [0.29, 0.717) is 26.2 Å². The zero-order chi connectivity index (χ0) is 11.6. The van der Waals surface area contributed by atoms with Crippen molar-refractivity contribution >= 4 is 10.0 Å². The van der Waals surface area contributed by atoms with Gasteiger partial charge in [-0.15, -0.1) is 0 Å². The first-order valence-electron chi connectivity index (χ1n) is 5.10. The molecule has 0 bridgehead atoms. The van der Waals surface area contributed by atoms with E-state index in [4.69, 9.17) is 0 Å². The Labute approximate surface area is 94.8 Å². The summed E-state index contributed by atoms with van der Waals surface area (Å²) in [6.07, 6.45) is 0. The lowest BCUT2D eigenvalue weighted by molar-refractivity contribution is 0.360. The Kier molecular flexibility index (Phi) is 3.13. The van der Waals surface area contributed by atoms with Crippen LogP contribution in [0.2, 0.25) is 0 Å². The third-order valence-electron chi connectivity index (χ3n) is 2.53. The third-order valence-corrected chi connectivity index (χ3v) is 4.43. The summed E-state index contributed by atoms with van der Waals surface area (Å²) < 4.78 is 25.7. The van der Waals surface area contributed by atoms with E-state index in [0.717, 1.165) is 0 Å². The second kappa shape index (κ2) is 4.40. The molecule has 2 rings (SSSR count). The zero-order valence-electron chi connectivity index (χ0n) is 8.76. The lowest BCUT2D eigenvalue weighted by atomic mass is 10.3. The van der Waals surface area contributed by atoms with Crippen LogP contribution in [0.5, 0.6) is 5.75 Å². The molecule has 88 valence electrons. The molecule has 1 saturated heterocycles. The Morgan fingerprint density at radius 1 is 1.25 bits per heavy atom. The summed E-state index contributed by atoms with van der Waals surface area (Å²) in [7, 11) is -3.45. The summed E-state index contributed by atoms with van der Waals surface area (Å²) in [5.41, 5.74) is 0. The standard InChI is InChI=1S/C10H14N2O3S/c13-9-2-1-3-10(8-9)16(14,15)12-6-4-11-5-7-12/h1-3,8,11,13H,4-7H2. The van der Waals surface area contributed by atoms with Crippen molar-refractivity contribution in [2.75, 3.05) is 26.2 Å². The molecule has 2 N–H and O–H groups in total. The number of aromatic hydroxyl groups is 1. The van der Waals surface area contributed by atoms with E-state index in [1.54, 1.807) is 0 Å². The smallest absolute Gasteiger partial charge is 0.243 e. The lowest BCUT2D eigenvalue weighted by Crippen LogP contribution is -2.46. The predicted octanol–water partition coefficient (Wildman–Crippen LogP) is -0.0139. The van der Waals surface area contributed by atoms with Gasteiger partial charge in [0.1, 0.15) is 5.75 Å². The van der Waals surface area contributed by atoms with Crippen molar-refractivity contribution in [1.29, 1.82) is 0 Å². The molecule has 0 spiro atoms. The fourth-order valence-electron chi connectivity index (χ4n) is 1.68. The lowest BCUT2D eigenvalue weighted by Gasteiger charge is -2.26. The maximum Gasteiger partial charge on any atom is 0.243 e. The van der Waals surface area contributed by atoms with Gasteiger partial charge in [0.25, 0.3) is 0 Å². The summed E-state index contributed by atoms with van der Waals surface area (Å²) in [4.78, 5) is 0.148. The zero-order valence-corrected chi connectivity index (χ0v) is 9.57. The number of nitrogens with one attached hydrogen (secondary N) is 1. The highest BCUT2D eigenvalue weighted by Crippen LogP contribution is 2.20. The molecule has 6 heteroatoms. The normalized spacial score (nSPS) is 18.5. The molecule has 5 nitrogen and oxygen atoms in total. The molecule has 1 aromatic rings. The van der Waals surface area contributed by atoms with E-state index in [9.17, 15) is 13.5 Å². The number of rotatable bonds is 2. The van der Waals surface area contributed by atoms with Crippen LogP contribution in [0.15, 0.2) is 29.2 Å². The fraction of sp³-hybridized carbons (Fsp3) is 0.400. The first-order chi connectivity index (χ1) is 7.60. The number of phenolic OH excluding ortho intramolecular Hbond substituents is 1. The van der Waals surface area contributed by atoms with Gasteiger partial charge in [0.05, 0.1) is 4.90 Å². The molecule has 0 saturated carbocycles. The van der Waals surface area contributed by atoms with Crippen LogP contribution in [-0.4, -0.2) is 44.0 Å². The number of sulfonamides is 1. The number of nitrogens with zero attached hydrogens (tertiary/aromatic N) is 1. The van der Waals surface area contributed by atoms with Crippen LogP contribution in [0.4, 0.5) is 0 Å². The van der Waals surface area contributed by atoms with Crippen LogP contribution in [0.1, 0.15) is 0 Å². The van der Waals surface area contributed by atoms with Crippen molar-refractivity contribution in [1.82, 2.24) is 9.62 Å². The molecular weight excluding hydrogens is 228 g/mol. The Morgan fingerprint density at radius 2 is 1.94 bits per heavy atom. The second-order valence-corrected chi connectivity index (χ2v) is 5.59. The maximum absolute atomic E-state index is 12.1. The average Bonchev–Trinajstić information content (AvgIpc) is 2.30. The van der Waals surface area contributed by atoms with Crippen molar-refractivity contribution < 1.29 is 13.5 Å². The highest BCUT2D eigenvalue weighted by Gasteiger charge is 2.25. The third kappa shape index (κ3) is 2.18. The monoisotopic (exact) mass is 242 g/mol. The molecular formula is C10H14N2O3S. The predicted molar refractivity (Wildman–Crippen MR) is 59.7 cm³/mol. The Bertz CT molecular complexity index is 467. The molecule has 0 aliphatic carbocycles. The Balaban J connectivity index is 2.30. The van der Waals surface area contributed by atoms with Crippen molar-refractivity contribution in [3.05, 3.63) is 24.3 Å². The summed E-state index contributed by atoms with van der Waals surface area (Å²) in [5.74, 6) is -0.0313. The number of piperazine rings is 1. The maximum atomic E-state index is 12.1. The minimum atomic E-state index is -3.45. The van der Waals surface area contributed by atoms with E-state index < -0.39 is 10.0 Å². The van der Waals surface area contributed by atoms with Gasteiger partial charge in [-0.25, -0.2) is 8.42 Å². The van der Waals surface area contributed by atoms with Crippen LogP contribution >= 0.6 is 0 Å². The van der Waals surface area contributed by atoms with Crippen molar-refractivity contribution in [3.63, 3.8) is 0 Å². The van der Waals surface area contributed by atoms with Gasteiger partial charge in [0, 0.05) is 26.2 Å². The molecule has 0 amide bonds. The van der Waals surface area contributed by atoms with Gasteiger partial charge < -0.3 is 10.4 Å². The average molecular weight is 242 g/mol. The molecule has 1 aromatic carbocycles. The summed E-state index contributed by atoms with van der Waals surface area (Å²) in [5, 5.41) is 12.4. The largest absolute Gasteiger partial charge is 0.508 e. The molecule has 0 radical (unpaired) electrons. The SMILES string of the molecule is O=S(=O)(c1cccc(O)c1)N1CCNCC1. The second-order valence-electron chi connectivity index (χ2n) is 3.65. The number of hydrogen-bond donors (Lipinski definition) is 2. The van der Waals surface area contributed by atoms with Crippen LogP contribution in [0, 0.1) is 0 Å². The molecule has 16 heavy (non-hydrogen) atoms. The van der Waals surface area contributed by atoms with Gasteiger partial charge >= 0.3 is 0 Å². The van der Waals surface area contributed by atoms with Crippen LogP contribution in [0.25, 0.3) is 0 Å². The van der Waals surface area contributed by atoms with E-state index in [2.05, 4.69) is 5.32 Å². The first kappa shape index (κ1) is 11.4. The minimum Gasteiger partial charge on any atom is -0.508 e. The Morgan fingerprint density at radius 3 is 2.56 bits per heavy atom. The van der Waals surface area contributed by atoms with Gasteiger partial charge in [-0.05, 0) is 18.2 Å². The topological polar surface area (TPSA) is 69.6 Å². The van der Waals surface area contributed by atoms with Gasteiger partial charge in [0.15, 0.2) is 0 Å². The van der Waals surface area contributed by atoms with Crippen LogP contribution in [0.3, 0.4) is 0 Å². The molecule has 1 heterocycles. The van der Waals surface area contributed by atoms with E-state index in [1.165, 1.54) is 28.6 Å². The highest BCUT2D eigenvalue weighted by atomic mass is 32.2. The van der Waals surface area contributed by atoms with Gasteiger partial charge in [0.2, 0.25) is 10.0 Å². The number of hydrogen-bond acceptors (Lipinski definition) is 4. The quantitative estimate of drug-likeness (QED) is 0.765. The highest BCUT2D eigenvalue weighted by molar-refractivity contribution is 7.89. The van der Waals surface area contributed by atoms with Crippen molar-refractivity contribution in [2.24, 2.45) is 0 Å². The number of benzene rings is 1. The first-order valence-corrected chi connectivity index (χ1v) is 6.54. The number of phenols is 1. The minimum absolute atomic E-state index is 0.0313. The summed E-state index contributed by atoms with van der Waals surface area (Å²) >= 11 is 0. The van der Waals surface area contributed by atoms with E-state index in [1.807, 2.05) is 0 Å². The van der Waals surface area contributed by atoms with Gasteiger partial charge in [-0.3, -0.25) is 0 Å². The van der Waals surface area contributed by atoms with Crippen molar-refractivity contribution in [2.45, 2.75) is 4.90 Å². The fourth-order valence-corrected chi connectivity index (χ4v) is 3.16. The molecule has 1 aliphatic heterocycles. The van der Waals surface area contributed by atoms with Crippen LogP contribution in [-0.2, 0) is 10.0 Å². The molecule has 1 aliphatic rings. The molecule has 1 fully saturated rings. The molecule has 0 aromatic heterocycles. The van der Waals surface area contributed by atoms with Crippen molar-refractivity contribution in [3.8, 4) is 5.75 Å². The van der Waals surface area contributed by atoms with E-state index >= 15 is 0 Å². The molecule has 0 atom stereocenters. The van der Waals surface area contributed by atoms with Gasteiger partial charge in [-0.1, -0.05) is 6.07 Å². The molecule has 0 unspecified atom stereocenters. The Hall–Kier alpha value is -1.11. The summed E-state index contributed by atoms with van der Waals surface area (Å²) in [6.45, 7) is 2.27. The summed E-state index contributed by atoms with van der Waals surface area (Å²) in [6, 6.07) is 5.76. The van der Waals surface area contributed by atoms with Gasteiger partial charge in [-0.2, -0.15) is 4.31 Å².